The second-order valence-electron chi connectivity index (χ2n) is 8.33. The molecule has 194 valence electrons. The second kappa shape index (κ2) is 11.3. The number of benzene rings is 2. The highest BCUT2D eigenvalue weighted by molar-refractivity contribution is 7.89. The van der Waals surface area contributed by atoms with Crippen molar-refractivity contribution < 1.29 is 31.5 Å². The smallest absolute Gasteiger partial charge is 0.279 e. The van der Waals surface area contributed by atoms with Crippen LogP contribution in [0.1, 0.15) is 30.1 Å². The van der Waals surface area contributed by atoms with Gasteiger partial charge in [0.15, 0.2) is 10.6 Å². The summed E-state index contributed by atoms with van der Waals surface area (Å²) in [5.74, 6) is -2.12. The molecule has 0 N–H and O–H groups in total. The van der Waals surface area contributed by atoms with Gasteiger partial charge in [0.1, 0.15) is 5.82 Å². The minimum Gasteiger partial charge on any atom is -0.380 e. The van der Waals surface area contributed by atoms with Crippen LogP contribution >= 0.6 is 11.3 Å². The van der Waals surface area contributed by atoms with Crippen molar-refractivity contribution in [2.45, 2.75) is 37.3 Å². The molecule has 1 unspecified atom stereocenters. The lowest BCUT2D eigenvalue weighted by Gasteiger charge is -2.20. The Balaban J connectivity index is 1.61. The largest absolute Gasteiger partial charge is 0.380 e. The fourth-order valence-electron chi connectivity index (χ4n) is 4.00. The first-order valence-corrected chi connectivity index (χ1v) is 13.8. The number of hydrogen-bond acceptors (Lipinski definition) is 6. The van der Waals surface area contributed by atoms with Crippen LogP contribution in [0.2, 0.25) is 0 Å². The predicted octanol–water partition coefficient (Wildman–Crippen LogP) is 3.56. The third-order valence-corrected chi connectivity index (χ3v) is 8.71. The molecule has 36 heavy (non-hydrogen) atoms. The minimum atomic E-state index is -3.76. The number of rotatable bonds is 9. The molecule has 4 rings (SSSR count). The average molecular weight is 540 g/mol. The van der Waals surface area contributed by atoms with Gasteiger partial charge >= 0.3 is 0 Å². The fourth-order valence-corrected chi connectivity index (χ4v) is 6.29. The Kier molecular flexibility index (Phi) is 8.30. The first-order valence-electron chi connectivity index (χ1n) is 11.5. The van der Waals surface area contributed by atoms with E-state index in [1.54, 1.807) is 0 Å². The van der Waals surface area contributed by atoms with Crippen molar-refractivity contribution in [3.05, 3.63) is 58.4 Å². The molecule has 0 saturated carbocycles. The maximum atomic E-state index is 14.5. The van der Waals surface area contributed by atoms with Gasteiger partial charge in [0.25, 0.3) is 5.91 Å². The fraction of sp³-hybridized carbons (Fsp3) is 0.417. The maximum Gasteiger partial charge on any atom is 0.279 e. The van der Waals surface area contributed by atoms with Gasteiger partial charge in [-0.05, 0) is 50.1 Å². The van der Waals surface area contributed by atoms with Gasteiger partial charge in [-0.1, -0.05) is 11.3 Å². The summed E-state index contributed by atoms with van der Waals surface area (Å²) in [6.45, 7) is 3.65. The van der Waals surface area contributed by atoms with E-state index in [4.69, 9.17) is 9.47 Å². The molecule has 1 aliphatic rings. The molecule has 0 aliphatic carbocycles. The topological polar surface area (TPSA) is 90.2 Å². The molecule has 1 atom stereocenters. The van der Waals surface area contributed by atoms with Crippen LogP contribution in [0, 0.1) is 11.6 Å². The van der Waals surface area contributed by atoms with Gasteiger partial charge in [0.05, 0.1) is 27.8 Å². The van der Waals surface area contributed by atoms with Crippen molar-refractivity contribution in [3.8, 4) is 0 Å². The molecule has 1 fully saturated rings. The minimum absolute atomic E-state index is 0.0470. The number of hydrogen-bond donors (Lipinski definition) is 0. The quantitative estimate of drug-likeness (QED) is 0.388. The summed E-state index contributed by atoms with van der Waals surface area (Å²) in [5, 5.41) is 0. The molecule has 0 spiro atoms. The Hall–Kier alpha value is -2.51. The molecule has 2 heterocycles. The number of ether oxygens (including phenoxy) is 2. The van der Waals surface area contributed by atoms with E-state index in [0.29, 0.717) is 17.9 Å². The summed E-state index contributed by atoms with van der Waals surface area (Å²) in [6.07, 6.45) is 1.60. The van der Waals surface area contributed by atoms with Gasteiger partial charge in [-0.2, -0.15) is 9.30 Å². The summed E-state index contributed by atoms with van der Waals surface area (Å²) in [7, 11) is -2.26. The lowest BCUT2D eigenvalue weighted by Crippen LogP contribution is -2.34. The standard InChI is InChI=1S/C24H27F2N3O5S2/c1-3-33-12-10-29-22-20(26)13-17(25)14-21(22)35-24(29)27-23(30)16-6-8-19(9-7-16)36(31,32)28(2)15-18-5-4-11-34-18/h6-9,13-14,18H,3-5,10-12,15H2,1-2H3. The zero-order valence-corrected chi connectivity index (χ0v) is 21.6. The van der Waals surface area contributed by atoms with Crippen molar-refractivity contribution in [3.63, 3.8) is 0 Å². The van der Waals surface area contributed by atoms with E-state index in [9.17, 15) is 22.0 Å². The number of carbonyl (C=O) groups excluding carboxylic acids is 1. The molecule has 1 amide bonds. The van der Waals surface area contributed by atoms with Gasteiger partial charge < -0.3 is 14.0 Å². The molecule has 2 aromatic carbocycles. The van der Waals surface area contributed by atoms with Crippen molar-refractivity contribution in [2.24, 2.45) is 4.99 Å². The van der Waals surface area contributed by atoms with Crippen LogP contribution in [0.3, 0.4) is 0 Å². The summed E-state index contributed by atoms with van der Waals surface area (Å²) >= 11 is 0.985. The SMILES string of the molecule is CCOCCn1c(=NC(=O)c2ccc(S(=O)(=O)N(C)CC3CCCO3)cc2)sc2cc(F)cc(F)c21. The zero-order chi connectivity index (χ0) is 25.9. The van der Waals surface area contributed by atoms with Crippen molar-refractivity contribution in [2.75, 3.05) is 33.4 Å². The lowest BCUT2D eigenvalue weighted by molar-refractivity contribution is 0.0979. The van der Waals surface area contributed by atoms with E-state index in [-0.39, 0.29) is 46.6 Å². The number of aromatic nitrogens is 1. The highest BCUT2D eigenvalue weighted by atomic mass is 32.2. The first kappa shape index (κ1) is 26.6. The van der Waals surface area contributed by atoms with Gasteiger partial charge in [0, 0.05) is 45.0 Å². The number of amides is 1. The van der Waals surface area contributed by atoms with Crippen LogP contribution in [0.15, 0.2) is 46.3 Å². The Morgan fingerprint density at radius 3 is 2.69 bits per heavy atom. The number of thiazole rings is 1. The highest BCUT2D eigenvalue weighted by Gasteiger charge is 2.26. The second-order valence-corrected chi connectivity index (χ2v) is 11.4. The van der Waals surface area contributed by atoms with Gasteiger partial charge in [-0.3, -0.25) is 4.79 Å². The normalized spacial score (nSPS) is 16.9. The van der Waals surface area contributed by atoms with Crippen LogP contribution in [-0.2, 0) is 26.0 Å². The van der Waals surface area contributed by atoms with Crippen molar-refractivity contribution in [1.29, 1.82) is 0 Å². The summed E-state index contributed by atoms with van der Waals surface area (Å²) in [5.41, 5.74) is 0.305. The Labute approximate surface area is 211 Å². The van der Waals surface area contributed by atoms with E-state index in [0.717, 1.165) is 30.2 Å². The van der Waals surface area contributed by atoms with E-state index in [1.165, 1.54) is 46.3 Å². The molecule has 3 aromatic rings. The van der Waals surface area contributed by atoms with Crippen molar-refractivity contribution >= 4 is 37.5 Å². The van der Waals surface area contributed by atoms with Crippen molar-refractivity contribution in [1.82, 2.24) is 8.87 Å². The Bertz CT molecular complexity index is 1410. The summed E-state index contributed by atoms with van der Waals surface area (Å²) in [6, 6.07) is 7.46. The Morgan fingerprint density at radius 2 is 2.03 bits per heavy atom. The third-order valence-electron chi connectivity index (χ3n) is 5.85. The maximum absolute atomic E-state index is 14.5. The van der Waals surface area contributed by atoms with Gasteiger partial charge in [-0.15, -0.1) is 0 Å². The van der Waals surface area contributed by atoms with Crippen LogP contribution in [0.5, 0.6) is 0 Å². The number of halogens is 2. The third kappa shape index (κ3) is 5.73. The molecule has 1 saturated heterocycles. The highest BCUT2D eigenvalue weighted by Crippen LogP contribution is 2.23. The average Bonchev–Trinajstić information content (AvgIpc) is 3.47. The molecule has 8 nitrogen and oxygen atoms in total. The summed E-state index contributed by atoms with van der Waals surface area (Å²) in [4.78, 5) is 17.3. The van der Waals surface area contributed by atoms with Crippen LogP contribution in [-0.4, -0.2) is 62.7 Å². The number of fused-ring (bicyclic) bond motifs is 1. The summed E-state index contributed by atoms with van der Waals surface area (Å²) < 4.78 is 68.0. The number of likely N-dealkylation sites (N-methyl/N-ethyl adjacent to an activating group) is 1. The van der Waals surface area contributed by atoms with Gasteiger partial charge in [0.2, 0.25) is 10.0 Å². The number of sulfonamides is 1. The lowest BCUT2D eigenvalue weighted by atomic mass is 10.2. The predicted molar refractivity (Wildman–Crippen MR) is 131 cm³/mol. The first-order chi connectivity index (χ1) is 17.2. The van der Waals surface area contributed by atoms with Crippen LogP contribution in [0.25, 0.3) is 10.2 Å². The number of carbonyl (C=O) groups is 1. The van der Waals surface area contributed by atoms with E-state index in [1.807, 2.05) is 6.92 Å². The molecule has 1 aromatic heterocycles. The monoisotopic (exact) mass is 539 g/mol. The molecule has 12 heteroatoms. The molecule has 1 aliphatic heterocycles. The molecular weight excluding hydrogens is 512 g/mol. The van der Waals surface area contributed by atoms with E-state index in [2.05, 4.69) is 4.99 Å². The van der Waals surface area contributed by atoms with Crippen LogP contribution < -0.4 is 4.80 Å². The molecule has 0 radical (unpaired) electrons. The van der Waals surface area contributed by atoms with E-state index >= 15 is 0 Å². The zero-order valence-electron chi connectivity index (χ0n) is 19.9. The van der Waals surface area contributed by atoms with E-state index < -0.39 is 27.6 Å². The Morgan fingerprint density at radius 1 is 1.28 bits per heavy atom. The number of nitrogens with zero attached hydrogens (tertiary/aromatic N) is 3. The van der Waals surface area contributed by atoms with Gasteiger partial charge in [-0.25, -0.2) is 17.2 Å². The molecular formula is C24H27F2N3O5S2. The van der Waals surface area contributed by atoms with Crippen LogP contribution in [0.4, 0.5) is 8.78 Å². The molecule has 0 bridgehead atoms.